The highest BCUT2D eigenvalue weighted by Gasteiger charge is 2.04. The molecule has 0 aliphatic rings. The Morgan fingerprint density at radius 3 is 3.05 bits per heavy atom. The average molecular weight is 259 g/mol. The number of nitrogens with zero attached hydrogens (tertiary/aromatic N) is 2. The number of benzene rings is 1. The van der Waals surface area contributed by atoms with Crippen LogP contribution in [0.15, 0.2) is 12.1 Å². The highest BCUT2D eigenvalue weighted by molar-refractivity contribution is 5.92. The van der Waals surface area contributed by atoms with E-state index in [1.807, 2.05) is 6.07 Å². The molecule has 2 N–H and O–H groups in total. The third-order valence-electron chi connectivity index (χ3n) is 3.03. The van der Waals surface area contributed by atoms with Gasteiger partial charge in [0, 0.05) is 18.2 Å². The summed E-state index contributed by atoms with van der Waals surface area (Å²) < 4.78 is 0. The first-order chi connectivity index (χ1) is 9.29. The fourth-order valence-corrected chi connectivity index (χ4v) is 1.97. The lowest BCUT2D eigenvalue weighted by molar-refractivity contribution is -0.116. The van der Waals surface area contributed by atoms with E-state index in [2.05, 4.69) is 33.7 Å². The van der Waals surface area contributed by atoms with Crippen LogP contribution >= 0.6 is 0 Å². The summed E-state index contributed by atoms with van der Waals surface area (Å²) in [7, 11) is 0. The molecule has 5 heteroatoms. The zero-order valence-electron chi connectivity index (χ0n) is 11.2. The maximum absolute atomic E-state index is 11.8. The van der Waals surface area contributed by atoms with Crippen LogP contribution in [0.2, 0.25) is 0 Å². The molecule has 2 rings (SSSR count). The van der Waals surface area contributed by atoms with Gasteiger partial charge < -0.3 is 5.32 Å². The molecule has 0 unspecified atom stereocenters. The topological polar surface area (TPSA) is 70.7 Å². The van der Waals surface area contributed by atoms with Gasteiger partial charge in [0.2, 0.25) is 5.91 Å². The number of H-pyrrole nitrogens is 1. The van der Waals surface area contributed by atoms with E-state index in [-0.39, 0.29) is 5.91 Å². The summed E-state index contributed by atoms with van der Waals surface area (Å²) in [6.07, 6.45) is 6.33. The smallest absolute Gasteiger partial charge is 0.224 e. The molecular weight excluding hydrogens is 240 g/mol. The van der Waals surface area contributed by atoms with Gasteiger partial charge in [-0.15, -0.1) is 5.10 Å². The van der Waals surface area contributed by atoms with Crippen LogP contribution in [0, 0.1) is 6.07 Å². The highest BCUT2D eigenvalue weighted by atomic mass is 16.1. The Hall–Kier alpha value is -1.91. The summed E-state index contributed by atoms with van der Waals surface area (Å²) in [5.74, 6) is 0.0525. The maximum Gasteiger partial charge on any atom is 0.224 e. The number of anilines is 1. The number of hydrogen-bond acceptors (Lipinski definition) is 3. The van der Waals surface area contributed by atoms with Crippen molar-refractivity contribution in [2.45, 2.75) is 45.4 Å². The molecule has 0 saturated carbocycles. The van der Waals surface area contributed by atoms with Crippen molar-refractivity contribution in [3.05, 3.63) is 18.2 Å². The third kappa shape index (κ3) is 4.05. The molecule has 1 aromatic heterocycles. The van der Waals surface area contributed by atoms with Crippen LogP contribution in [0.5, 0.6) is 0 Å². The van der Waals surface area contributed by atoms with Crippen LogP contribution in [0.3, 0.4) is 0 Å². The molecule has 1 amide bonds. The molecule has 0 atom stereocenters. The second-order valence-corrected chi connectivity index (χ2v) is 4.67. The van der Waals surface area contributed by atoms with Crippen molar-refractivity contribution in [1.82, 2.24) is 15.4 Å². The van der Waals surface area contributed by atoms with Crippen molar-refractivity contribution in [3.8, 4) is 0 Å². The Kier molecular flexibility index (Phi) is 4.89. The summed E-state index contributed by atoms with van der Waals surface area (Å²) in [6.45, 7) is 2.18. The van der Waals surface area contributed by atoms with Gasteiger partial charge >= 0.3 is 0 Å². The Morgan fingerprint density at radius 2 is 2.21 bits per heavy atom. The number of rotatable bonds is 7. The second kappa shape index (κ2) is 6.87. The van der Waals surface area contributed by atoms with Gasteiger partial charge in [-0.2, -0.15) is 0 Å². The molecule has 1 aromatic carbocycles. The number of aromatic nitrogens is 3. The first-order valence-electron chi connectivity index (χ1n) is 6.82. The molecule has 1 radical (unpaired) electrons. The number of hydrogen-bond donors (Lipinski definition) is 2. The quantitative estimate of drug-likeness (QED) is 0.751. The summed E-state index contributed by atoms with van der Waals surface area (Å²) >= 11 is 0. The molecule has 0 spiro atoms. The summed E-state index contributed by atoms with van der Waals surface area (Å²) in [6, 6.07) is 6.51. The fraction of sp³-hybridized carbons (Fsp3) is 0.500. The van der Waals surface area contributed by atoms with E-state index in [1.165, 1.54) is 19.3 Å². The standard InChI is InChI=1S/C14H19N4O/c1-2-3-4-5-6-7-14(19)15-11-8-9-12-13(10-11)17-18-16-12/h8,10H,2-7H2,1H3,(H,15,19)(H,16,17,18). The number of amides is 1. The van der Waals surface area contributed by atoms with E-state index < -0.39 is 0 Å². The molecule has 5 nitrogen and oxygen atoms in total. The van der Waals surface area contributed by atoms with E-state index >= 15 is 0 Å². The molecule has 0 aliphatic carbocycles. The minimum Gasteiger partial charge on any atom is -0.326 e. The predicted octanol–water partition coefficient (Wildman–Crippen LogP) is 3.06. The third-order valence-corrected chi connectivity index (χ3v) is 3.03. The largest absolute Gasteiger partial charge is 0.326 e. The van der Waals surface area contributed by atoms with Crippen LogP contribution in [0.25, 0.3) is 11.0 Å². The predicted molar refractivity (Wildman–Crippen MR) is 74.7 cm³/mol. The molecular formula is C14H19N4O. The van der Waals surface area contributed by atoms with Crippen molar-refractivity contribution in [2.24, 2.45) is 0 Å². The van der Waals surface area contributed by atoms with Gasteiger partial charge in [0.15, 0.2) is 0 Å². The van der Waals surface area contributed by atoms with E-state index in [0.29, 0.717) is 11.9 Å². The molecule has 0 bridgehead atoms. The zero-order chi connectivity index (χ0) is 13.5. The number of nitrogens with one attached hydrogen (secondary N) is 2. The van der Waals surface area contributed by atoms with Crippen LogP contribution in [-0.2, 0) is 4.79 Å². The first-order valence-corrected chi connectivity index (χ1v) is 6.82. The molecule has 19 heavy (non-hydrogen) atoms. The molecule has 0 saturated heterocycles. The molecule has 0 aliphatic heterocycles. The van der Waals surface area contributed by atoms with Gasteiger partial charge in [0.1, 0.15) is 5.52 Å². The van der Waals surface area contributed by atoms with E-state index in [4.69, 9.17) is 0 Å². The molecule has 1 heterocycles. The first kappa shape index (κ1) is 13.5. The number of carbonyl (C=O) groups excluding carboxylic acids is 1. The SMILES string of the molecule is CCCCCCCC(=O)Nc1c[c]c2nn[nH]c2c1. The zero-order valence-corrected chi connectivity index (χ0v) is 11.2. The van der Waals surface area contributed by atoms with Crippen LogP contribution in [0.1, 0.15) is 45.4 Å². The minimum absolute atomic E-state index is 0.0525. The lowest BCUT2D eigenvalue weighted by Gasteiger charge is -2.04. The van der Waals surface area contributed by atoms with Gasteiger partial charge in [-0.3, -0.25) is 9.89 Å². The van der Waals surface area contributed by atoms with Crippen LogP contribution in [0.4, 0.5) is 5.69 Å². The normalized spacial score (nSPS) is 10.8. The van der Waals surface area contributed by atoms with Crippen molar-refractivity contribution in [3.63, 3.8) is 0 Å². The Labute approximate surface area is 112 Å². The van der Waals surface area contributed by atoms with Gasteiger partial charge in [-0.1, -0.05) is 37.8 Å². The van der Waals surface area contributed by atoms with Crippen LogP contribution < -0.4 is 5.32 Å². The van der Waals surface area contributed by atoms with Gasteiger partial charge in [0.05, 0.1) is 5.52 Å². The lowest BCUT2D eigenvalue weighted by Crippen LogP contribution is -2.10. The van der Waals surface area contributed by atoms with Gasteiger partial charge in [-0.05, 0) is 18.6 Å². The van der Waals surface area contributed by atoms with Crippen molar-refractivity contribution in [2.75, 3.05) is 5.32 Å². The maximum atomic E-state index is 11.8. The monoisotopic (exact) mass is 259 g/mol. The fourth-order valence-electron chi connectivity index (χ4n) is 1.97. The summed E-state index contributed by atoms with van der Waals surface area (Å²) in [5.41, 5.74) is 2.19. The average Bonchev–Trinajstić information content (AvgIpc) is 2.86. The van der Waals surface area contributed by atoms with Gasteiger partial charge in [0.25, 0.3) is 0 Å². The number of fused-ring (bicyclic) bond motifs is 1. The second-order valence-electron chi connectivity index (χ2n) is 4.67. The summed E-state index contributed by atoms with van der Waals surface area (Å²) in [4.78, 5) is 11.8. The molecule has 2 aromatic rings. The Balaban J connectivity index is 1.78. The van der Waals surface area contributed by atoms with Crippen LogP contribution in [-0.4, -0.2) is 21.3 Å². The molecule has 0 fully saturated rings. The van der Waals surface area contributed by atoms with E-state index in [0.717, 1.165) is 24.0 Å². The van der Waals surface area contributed by atoms with Crippen molar-refractivity contribution < 1.29 is 4.79 Å². The highest BCUT2D eigenvalue weighted by Crippen LogP contribution is 2.15. The Bertz CT molecular complexity index is 535. The summed E-state index contributed by atoms with van der Waals surface area (Å²) in [5, 5.41) is 13.1. The minimum atomic E-state index is 0.0525. The van der Waals surface area contributed by atoms with Crippen molar-refractivity contribution >= 4 is 22.6 Å². The number of carbonyl (C=O) groups is 1. The molecule has 101 valence electrons. The lowest BCUT2D eigenvalue weighted by atomic mass is 10.1. The Morgan fingerprint density at radius 1 is 1.37 bits per heavy atom. The van der Waals surface area contributed by atoms with E-state index in [9.17, 15) is 4.79 Å². The van der Waals surface area contributed by atoms with Gasteiger partial charge in [-0.25, -0.2) is 0 Å². The number of aromatic amines is 1. The van der Waals surface area contributed by atoms with E-state index in [1.54, 1.807) is 6.07 Å². The number of unbranched alkanes of at least 4 members (excludes halogenated alkanes) is 4. The van der Waals surface area contributed by atoms with Crippen molar-refractivity contribution in [1.29, 1.82) is 0 Å².